The van der Waals surface area contributed by atoms with Crippen molar-refractivity contribution in [2.45, 2.75) is 20.3 Å². The lowest BCUT2D eigenvalue weighted by molar-refractivity contribution is 0.318. The number of fused-ring (bicyclic) bond motifs is 1. The van der Waals surface area contributed by atoms with Crippen LogP contribution in [0.2, 0.25) is 0 Å². The maximum atomic E-state index is 8.96. The average molecular weight is 202 g/mol. The number of benzene rings is 1. The zero-order valence-corrected chi connectivity index (χ0v) is 8.91. The third kappa shape index (κ3) is 1.50. The number of hydrogen-bond donors (Lipinski definition) is 2. The Bertz CT molecular complexity index is 511. The van der Waals surface area contributed by atoms with E-state index in [9.17, 15) is 0 Å². The summed E-state index contributed by atoms with van der Waals surface area (Å²) in [6.45, 7) is 3.98. The van der Waals surface area contributed by atoms with Crippen LogP contribution in [0.5, 0.6) is 0 Å². The molecule has 0 aliphatic carbocycles. The number of aromatic amines is 1. The Balaban J connectivity index is 2.74. The van der Waals surface area contributed by atoms with Crippen LogP contribution in [0.3, 0.4) is 0 Å². The molecule has 2 N–H and O–H groups in total. The van der Waals surface area contributed by atoms with Crippen LogP contribution in [0.25, 0.3) is 10.9 Å². The highest BCUT2D eigenvalue weighted by Crippen LogP contribution is 2.23. The number of H-pyrrole nitrogens is 1. The van der Waals surface area contributed by atoms with Gasteiger partial charge in [-0.15, -0.1) is 0 Å². The number of aromatic nitrogens is 1. The molecule has 0 bridgehead atoms. The van der Waals surface area contributed by atoms with E-state index in [1.165, 1.54) is 0 Å². The Morgan fingerprint density at radius 3 is 2.80 bits per heavy atom. The molecule has 0 unspecified atom stereocenters. The van der Waals surface area contributed by atoms with Crippen LogP contribution < -0.4 is 0 Å². The second kappa shape index (κ2) is 3.77. The van der Waals surface area contributed by atoms with Gasteiger partial charge in [0, 0.05) is 22.2 Å². The van der Waals surface area contributed by atoms with Crippen LogP contribution in [-0.4, -0.2) is 15.9 Å². The maximum Gasteiger partial charge on any atom is 0.0889 e. The predicted octanol–water partition coefficient (Wildman–Crippen LogP) is 3.06. The van der Waals surface area contributed by atoms with E-state index in [-0.39, 0.29) is 0 Å². The number of nitrogens with one attached hydrogen (secondary N) is 1. The smallest absolute Gasteiger partial charge is 0.0889 e. The molecule has 1 heterocycles. The second-order valence-electron chi connectivity index (χ2n) is 3.57. The molecule has 2 rings (SSSR count). The van der Waals surface area contributed by atoms with Crippen LogP contribution in [0.15, 0.2) is 29.4 Å². The Morgan fingerprint density at radius 2 is 2.13 bits per heavy atom. The first-order valence-electron chi connectivity index (χ1n) is 5.06. The van der Waals surface area contributed by atoms with Gasteiger partial charge in [-0.1, -0.05) is 30.3 Å². The molecular weight excluding hydrogens is 188 g/mol. The molecule has 1 aromatic carbocycles. The van der Waals surface area contributed by atoms with Gasteiger partial charge in [-0.25, -0.2) is 0 Å². The minimum absolute atomic E-state index is 0.721. The van der Waals surface area contributed by atoms with Gasteiger partial charge in [0.25, 0.3) is 0 Å². The van der Waals surface area contributed by atoms with Gasteiger partial charge >= 0.3 is 0 Å². The molecule has 0 atom stereocenters. The van der Waals surface area contributed by atoms with Gasteiger partial charge in [-0.2, -0.15) is 0 Å². The summed E-state index contributed by atoms with van der Waals surface area (Å²) in [5.74, 6) is 0. The highest BCUT2D eigenvalue weighted by molar-refractivity contribution is 6.11. The normalized spacial score (nSPS) is 12.3. The fraction of sp³-hybridized carbons (Fsp3) is 0.250. The van der Waals surface area contributed by atoms with E-state index in [2.05, 4.69) is 10.1 Å². The lowest BCUT2D eigenvalue weighted by atomic mass is 10.0. The first kappa shape index (κ1) is 9.77. The molecule has 0 amide bonds. The molecule has 1 aromatic heterocycles. The van der Waals surface area contributed by atoms with Crippen molar-refractivity contribution in [2.75, 3.05) is 0 Å². The third-order valence-corrected chi connectivity index (χ3v) is 2.64. The predicted molar refractivity (Wildman–Crippen MR) is 61.7 cm³/mol. The zero-order valence-electron chi connectivity index (χ0n) is 8.91. The Labute approximate surface area is 88.4 Å². The van der Waals surface area contributed by atoms with Crippen molar-refractivity contribution in [2.24, 2.45) is 5.16 Å². The molecule has 78 valence electrons. The molecular formula is C12H14N2O. The van der Waals surface area contributed by atoms with Crippen molar-refractivity contribution in [1.82, 2.24) is 4.98 Å². The molecule has 0 radical (unpaired) electrons. The summed E-state index contributed by atoms with van der Waals surface area (Å²) in [7, 11) is 0. The molecule has 0 aliphatic rings. The van der Waals surface area contributed by atoms with Crippen molar-refractivity contribution < 1.29 is 5.21 Å². The summed E-state index contributed by atoms with van der Waals surface area (Å²) >= 11 is 0. The van der Waals surface area contributed by atoms with Crippen molar-refractivity contribution in [3.63, 3.8) is 0 Å². The third-order valence-electron chi connectivity index (χ3n) is 2.64. The summed E-state index contributed by atoms with van der Waals surface area (Å²) in [6.07, 6.45) is 0.721. The summed E-state index contributed by atoms with van der Waals surface area (Å²) in [5, 5.41) is 13.4. The number of para-hydroxylation sites is 1. The van der Waals surface area contributed by atoms with Gasteiger partial charge in [0.05, 0.1) is 5.71 Å². The first-order chi connectivity index (χ1) is 7.27. The first-order valence-corrected chi connectivity index (χ1v) is 5.06. The van der Waals surface area contributed by atoms with Crippen LogP contribution in [0.1, 0.15) is 24.6 Å². The molecule has 15 heavy (non-hydrogen) atoms. The van der Waals surface area contributed by atoms with Gasteiger partial charge < -0.3 is 10.2 Å². The second-order valence-corrected chi connectivity index (χ2v) is 3.57. The molecule has 0 fully saturated rings. The van der Waals surface area contributed by atoms with Crippen LogP contribution in [-0.2, 0) is 0 Å². The molecule has 0 saturated carbocycles. The Hall–Kier alpha value is -1.77. The SMILES string of the molecule is CC/C(=N\O)c1c(C)[nH]c2ccccc12. The highest BCUT2D eigenvalue weighted by Gasteiger charge is 2.12. The lowest BCUT2D eigenvalue weighted by Crippen LogP contribution is -1.99. The van der Waals surface area contributed by atoms with Crippen molar-refractivity contribution in [3.8, 4) is 0 Å². The summed E-state index contributed by atoms with van der Waals surface area (Å²) < 4.78 is 0. The summed E-state index contributed by atoms with van der Waals surface area (Å²) in [6, 6.07) is 8.04. The van der Waals surface area contributed by atoms with Gasteiger partial charge in [-0.3, -0.25) is 0 Å². The number of hydrogen-bond acceptors (Lipinski definition) is 2. The number of rotatable bonds is 2. The molecule has 0 spiro atoms. The molecule has 2 aromatic rings. The summed E-state index contributed by atoms with van der Waals surface area (Å²) in [5.41, 5.74) is 3.88. The molecule has 3 heteroatoms. The van der Waals surface area contributed by atoms with Gasteiger partial charge in [-0.05, 0) is 19.4 Å². The molecule has 0 aliphatic heterocycles. The van der Waals surface area contributed by atoms with Crippen LogP contribution in [0.4, 0.5) is 0 Å². The van der Waals surface area contributed by atoms with Crippen molar-refractivity contribution in [3.05, 3.63) is 35.5 Å². The van der Waals surface area contributed by atoms with Crippen LogP contribution in [0, 0.1) is 6.92 Å². The highest BCUT2D eigenvalue weighted by atomic mass is 16.4. The Morgan fingerprint density at radius 1 is 1.40 bits per heavy atom. The number of nitrogens with zero attached hydrogens (tertiary/aromatic N) is 1. The standard InChI is InChI=1S/C12H14N2O/c1-3-10(14-15)12-8(2)13-11-7-5-4-6-9(11)12/h4-7,13,15H,3H2,1-2H3/b14-10+. The van der Waals surface area contributed by atoms with E-state index in [1.807, 2.05) is 38.1 Å². The van der Waals surface area contributed by atoms with Crippen LogP contribution >= 0.6 is 0 Å². The van der Waals surface area contributed by atoms with E-state index in [1.54, 1.807) is 0 Å². The van der Waals surface area contributed by atoms with Crippen molar-refractivity contribution in [1.29, 1.82) is 0 Å². The monoisotopic (exact) mass is 202 g/mol. The van der Waals surface area contributed by atoms with E-state index in [4.69, 9.17) is 5.21 Å². The van der Waals surface area contributed by atoms with E-state index >= 15 is 0 Å². The number of oxime groups is 1. The minimum Gasteiger partial charge on any atom is -0.411 e. The fourth-order valence-corrected chi connectivity index (χ4v) is 1.95. The van der Waals surface area contributed by atoms with E-state index < -0.39 is 0 Å². The fourth-order valence-electron chi connectivity index (χ4n) is 1.95. The van der Waals surface area contributed by atoms with E-state index in [0.717, 1.165) is 34.3 Å². The van der Waals surface area contributed by atoms with Gasteiger partial charge in [0.2, 0.25) is 0 Å². The molecule has 0 saturated heterocycles. The van der Waals surface area contributed by atoms with Gasteiger partial charge in [0.1, 0.15) is 0 Å². The Kier molecular flexibility index (Phi) is 2.46. The topological polar surface area (TPSA) is 48.4 Å². The summed E-state index contributed by atoms with van der Waals surface area (Å²) in [4.78, 5) is 3.28. The quantitative estimate of drug-likeness (QED) is 0.439. The van der Waals surface area contributed by atoms with Crippen molar-refractivity contribution >= 4 is 16.6 Å². The number of aryl methyl sites for hydroxylation is 1. The lowest BCUT2D eigenvalue weighted by Gasteiger charge is -2.00. The van der Waals surface area contributed by atoms with E-state index in [0.29, 0.717) is 0 Å². The largest absolute Gasteiger partial charge is 0.411 e. The average Bonchev–Trinajstić information content (AvgIpc) is 2.58. The maximum absolute atomic E-state index is 8.96. The van der Waals surface area contributed by atoms with Gasteiger partial charge in [0.15, 0.2) is 0 Å². The zero-order chi connectivity index (χ0) is 10.8. The molecule has 3 nitrogen and oxygen atoms in total. The minimum atomic E-state index is 0.721.